The molecule has 0 aromatic heterocycles. The van der Waals surface area contributed by atoms with Crippen LogP contribution in [0.15, 0.2) is 42.5 Å². The van der Waals surface area contributed by atoms with Gasteiger partial charge in [-0.05, 0) is 62.1 Å². The number of nitro benzene ring substituents is 1. The quantitative estimate of drug-likeness (QED) is 0.612. The van der Waals surface area contributed by atoms with Gasteiger partial charge in [0, 0.05) is 28.7 Å². The number of nitrogens with zero attached hydrogens (tertiary/aromatic N) is 2. The second kappa shape index (κ2) is 7.41. The molecular formula is C20H19ClN2O5. The molecular weight excluding hydrogens is 384 g/mol. The van der Waals surface area contributed by atoms with Gasteiger partial charge in [0.25, 0.3) is 5.91 Å². The van der Waals surface area contributed by atoms with E-state index in [1.54, 1.807) is 24.3 Å². The number of benzene rings is 2. The monoisotopic (exact) mass is 402 g/mol. The van der Waals surface area contributed by atoms with Crippen molar-refractivity contribution in [1.82, 2.24) is 4.90 Å². The van der Waals surface area contributed by atoms with Gasteiger partial charge in [-0.25, -0.2) is 0 Å². The van der Waals surface area contributed by atoms with E-state index in [-0.39, 0.29) is 40.6 Å². The summed E-state index contributed by atoms with van der Waals surface area (Å²) in [4.78, 5) is 25.4. The topological polar surface area (TPSA) is 92.9 Å². The van der Waals surface area contributed by atoms with E-state index < -0.39 is 4.92 Å². The molecule has 0 aliphatic carbocycles. The van der Waals surface area contributed by atoms with Gasteiger partial charge in [0.15, 0.2) is 0 Å². The summed E-state index contributed by atoms with van der Waals surface area (Å²) < 4.78 is 5.62. The Balaban J connectivity index is 1.51. The maximum Gasteiger partial charge on any atom is 0.313 e. The first-order valence-corrected chi connectivity index (χ1v) is 9.53. The Morgan fingerprint density at radius 3 is 2.39 bits per heavy atom. The molecule has 2 aromatic rings. The lowest BCUT2D eigenvalue weighted by Crippen LogP contribution is -2.47. The SMILES string of the molecule is O=C(c1ccc(Oc2ccc(Cl)cc2[N+](=O)[O-])cc1)N1[C@H]2CC[C@H]1CC(O)C2. The molecule has 2 bridgehead atoms. The molecule has 2 heterocycles. The molecule has 2 aromatic carbocycles. The fourth-order valence-corrected chi connectivity index (χ4v) is 4.31. The second-order valence-electron chi connectivity index (χ2n) is 7.22. The predicted octanol–water partition coefficient (Wildman–Crippen LogP) is 4.17. The molecule has 0 radical (unpaired) electrons. The molecule has 4 rings (SSSR count). The van der Waals surface area contributed by atoms with Crippen LogP contribution in [0.3, 0.4) is 0 Å². The summed E-state index contributed by atoms with van der Waals surface area (Å²) in [6.07, 6.45) is 2.78. The number of hydrogen-bond acceptors (Lipinski definition) is 5. The molecule has 2 atom stereocenters. The van der Waals surface area contributed by atoms with Crippen molar-refractivity contribution in [2.75, 3.05) is 0 Å². The lowest BCUT2D eigenvalue weighted by Gasteiger charge is -2.37. The van der Waals surface area contributed by atoms with E-state index in [1.165, 1.54) is 18.2 Å². The van der Waals surface area contributed by atoms with Crippen LogP contribution in [0, 0.1) is 10.1 Å². The third-order valence-electron chi connectivity index (χ3n) is 5.39. The highest BCUT2D eigenvalue weighted by atomic mass is 35.5. The largest absolute Gasteiger partial charge is 0.450 e. The minimum Gasteiger partial charge on any atom is -0.450 e. The number of ether oxygens (including phenoxy) is 1. The second-order valence-corrected chi connectivity index (χ2v) is 7.65. The van der Waals surface area contributed by atoms with Crippen molar-refractivity contribution in [3.63, 3.8) is 0 Å². The van der Waals surface area contributed by atoms with Gasteiger partial charge in [0.1, 0.15) is 5.75 Å². The van der Waals surface area contributed by atoms with Crippen LogP contribution in [-0.2, 0) is 0 Å². The Bertz CT molecular complexity index is 903. The lowest BCUT2D eigenvalue weighted by molar-refractivity contribution is -0.385. The van der Waals surface area contributed by atoms with Crippen LogP contribution in [0.1, 0.15) is 36.0 Å². The highest BCUT2D eigenvalue weighted by Crippen LogP contribution is 2.37. The molecule has 7 nitrogen and oxygen atoms in total. The third-order valence-corrected chi connectivity index (χ3v) is 5.62. The first-order chi connectivity index (χ1) is 13.4. The predicted molar refractivity (Wildman–Crippen MR) is 103 cm³/mol. The summed E-state index contributed by atoms with van der Waals surface area (Å²) in [5.74, 6) is 0.416. The number of amides is 1. The van der Waals surface area contributed by atoms with Crippen molar-refractivity contribution in [2.45, 2.75) is 43.9 Å². The minimum atomic E-state index is -0.556. The zero-order valence-corrected chi connectivity index (χ0v) is 15.7. The van der Waals surface area contributed by atoms with Crippen LogP contribution in [-0.4, -0.2) is 39.0 Å². The fraction of sp³-hybridized carbons (Fsp3) is 0.350. The van der Waals surface area contributed by atoms with Crippen molar-refractivity contribution < 1.29 is 19.6 Å². The van der Waals surface area contributed by atoms with Gasteiger partial charge in [-0.1, -0.05) is 11.6 Å². The molecule has 2 aliphatic heterocycles. The molecule has 2 saturated heterocycles. The normalized spacial score (nSPS) is 23.5. The van der Waals surface area contributed by atoms with E-state index in [9.17, 15) is 20.0 Å². The Morgan fingerprint density at radius 2 is 1.79 bits per heavy atom. The number of piperidine rings is 1. The van der Waals surface area contributed by atoms with E-state index in [0.717, 1.165) is 12.8 Å². The van der Waals surface area contributed by atoms with E-state index in [4.69, 9.17) is 16.3 Å². The lowest BCUT2D eigenvalue weighted by atomic mass is 9.98. The summed E-state index contributed by atoms with van der Waals surface area (Å²) in [7, 11) is 0. The molecule has 2 aliphatic rings. The number of hydrogen-bond donors (Lipinski definition) is 1. The number of aliphatic hydroxyl groups is 1. The Morgan fingerprint density at radius 1 is 1.14 bits per heavy atom. The molecule has 8 heteroatoms. The maximum absolute atomic E-state index is 12.9. The molecule has 1 N–H and O–H groups in total. The standard InChI is InChI=1S/C20H19ClN2O5/c21-13-3-8-19(18(9-13)23(26)27)28-17-6-1-12(2-7-17)20(25)22-14-4-5-15(22)11-16(24)10-14/h1-3,6-9,14-16,24H,4-5,10-11H2/t14-,15-/m0/s1. The zero-order chi connectivity index (χ0) is 19.8. The number of carbonyl (C=O) groups is 1. The first kappa shape index (κ1) is 18.7. The summed E-state index contributed by atoms with van der Waals surface area (Å²) in [6.45, 7) is 0. The molecule has 28 heavy (non-hydrogen) atoms. The Hall–Kier alpha value is -2.64. The van der Waals surface area contributed by atoms with E-state index in [1.807, 2.05) is 4.90 Å². The van der Waals surface area contributed by atoms with Crippen molar-refractivity contribution in [3.05, 3.63) is 63.2 Å². The highest BCUT2D eigenvalue weighted by molar-refractivity contribution is 6.30. The van der Waals surface area contributed by atoms with Crippen LogP contribution in [0.4, 0.5) is 5.69 Å². The molecule has 1 amide bonds. The van der Waals surface area contributed by atoms with Gasteiger partial charge in [-0.3, -0.25) is 14.9 Å². The van der Waals surface area contributed by atoms with E-state index in [2.05, 4.69) is 0 Å². The molecule has 146 valence electrons. The summed E-state index contributed by atoms with van der Waals surface area (Å²) in [6, 6.07) is 10.9. The van der Waals surface area contributed by atoms with Gasteiger partial charge in [-0.2, -0.15) is 0 Å². The Labute approximate surface area is 166 Å². The van der Waals surface area contributed by atoms with Crippen molar-refractivity contribution in [3.8, 4) is 11.5 Å². The Kier molecular flexibility index (Phi) is 4.95. The van der Waals surface area contributed by atoms with Crippen LogP contribution < -0.4 is 4.74 Å². The van der Waals surface area contributed by atoms with Gasteiger partial charge < -0.3 is 14.7 Å². The minimum absolute atomic E-state index is 0.0524. The van der Waals surface area contributed by atoms with E-state index >= 15 is 0 Å². The summed E-state index contributed by atoms with van der Waals surface area (Å²) in [5.41, 5.74) is 0.308. The number of carbonyl (C=O) groups excluding carboxylic acids is 1. The smallest absolute Gasteiger partial charge is 0.313 e. The van der Waals surface area contributed by atoms with Gasteiger partial charge in [0.05, 0.1) is 11.0 Å². The molecule has 0 unspecified atom stereocenters. The van der Waals surface area contributed by atoms with Crippen LogP contribution in [0.2, 0.25) is 5.02 Å². The molecule has 2 fully saturated rings. The van der Waals surface area contributed by atoms with Crippen LogP contribution in [0.25, 0.3) is 0 Å². The molecule has 0 saturated carbocycles. The summed E-state index contributed by atoms with van der Waals surface area (Å²) >= 11 is 5.81. The third kappa shape index (κ3) is 3.55. The zero-order valence-electron chi connectivity index (χ0n) is 15.0. The molecule has 0 spiro atoms. The summed E-state index contributed by atoms with van der Waals surface area (Å²) in [5, 5.41) is 21.3. The first-order valence-electron chi connectivity index (χ1n) is 9.15. The van der Waals surface area contributed by atoms with Crippen molar-refractivity contribution in [2.24, 2.45) is 0 Å². The van der Waals surface area contributed by atoms with E-state index in [0.29, 0.717) is 24.2 Å². The van der Waals surface area contributed by atoms with Gasteiger partial charge in [0.2, 0.25) is 5.75 Å². The maximum atomic E-state index is 12.9. The van der Waals surface area contributed by atoms with Crippen molar-refractivity contribution >= 4 is 23.2 Å². The highest BCUT2D eigenvalue weighted by Gasteiger charge is 2.42. The average Bonchev–Trinajstić information content (AvgIpc) is 2.94. The number of aliphatic hydroxyl groups excluding tert-OH is 1. The van der Waals surface area contributed by atoms with Crippen LogP contribution in [0.5, 0.6) is 11.5 Å². The fourth-order valence-electron chi connectivity index (χ4n) is 4.14. The van der Waals surface area contributed by atoms with Gasteiger partial charge >= 0.3 is 5.69 Å². The number of nitro groups is 1. The number of rotatable bonds is 4. The number of halogens is 1. The average molecular weight is 403 g/mol. The number of fused-ring (bicyclic) bond motifs is 2. The van der Waals surface area contributed by atoms with Gasteiger partial charge in [-0.15, -0.1) is 0 Å². The van der Waals surface area contributed by atoms with Crippen molar-refractivity contribution in [1.29, 1.82) is 0 Å². The van der Waals surface area contributed by atoms with Crippen LogP contribution >= 0.6 is 11.6 Å².